The summed E-state index contributed by atoms with van der Waals surface area (Å²) in [4.78, 5) is 37.5. The summed E-state index contributed by atoms with van der Waals surface area (Å²) in [5.41, 5.74) is 2.36. The second-order valence-corrected chi connectivity index (χ2v) is 13.5. The molecule has 2 aromatic rings. The highest BCUT2D eigenvalue weighted by Gasteiger charge is 2.07. The van der Waals surface area contributed by atoms with Crippen molar-refractivity contribution in [1.82, 2.24) is 15.5 Å². The number of carbonyl (C=O) groups is 3. The van der Waals surface area contributed by atoms with Crippen LogP contribution in [0, 0.1) is 6.92 Å². The smallest absolute Gasteiger partial charge is 0.251 e. The summed E-state index contributed by atoms with van der Waals surface area (Å²) >= 11 is 0. The van der Waals surface area contributed by atoms with E-state index in [9.17, 15) is 14.4 Å². The number of Topliss-reactive ketones (excluding diaryl/α,β-unsaturated/α-hetero) is 1. The Labute approximate surface area is 355 Å². The van der Waals surface area contributed by atoms with Gasteiger partial charge in [-0.3, -0.25) is 19.3 Å². The number of ether oxygens (including phenoxy) is 9. The van der Waals surface area contributed by atoms with Gasteiger partial charge in [-0.05, 0) is 43.4 Å². The van der Waals surface area contributed by atoms with Crippen molar-refractivity contribution in [2.75, 3.05) is 152 Å². The van der Waals surface area contributed by atoms with Crippen LogP contribution in [0.1, 0.15) is 53.5 Å². The van der Waals surface area contributed by atoms with Crippen LogP contribution in [0.2, 0.25) is 0 Å². The van der Waals surface area contributed by atoms with Crippen molar-refractivity contribution in [2.45, 2.75) is 34.1 Å². The Morgan fingerprint density at radius 2 is 0.780 bits per heavy atom. The lowest BCUT2D eigenvalue weighted by atomic mass is 10.1. The molecule has 0 saturated carbocycles. The molecule has 2 N–H and O–H groups in total. The molecule has 0 aliphatic heterocycles. The Morgan fingerprint density at radius 3 is 1.14 bits per heavy atom. The van der Waals surface area contributed by atoms with Gasteiger partial charge in [-0.2, -0.15) is 0 Å². The largest absolute Gasteiger partial charge is 0.379 e. The zero-order valence-electron chi connectivity index (χ0n) is 36.0. The molecule has 0 aromatic heterocycles. The average Bonchev–Trinajstić information content (AvgIpc) is 3.24. The first kappa shape index (κ1) is 54.1. The van der Waals surface area contributed by atoms with Crippen LogP contribution >= 0.6 is 9.24 Å². The number of carbonyl (C=O) groups excluding carboxylic acids is 3. The second kappa shape index (κ2) is 39.2. The molecule has 1 atom stereocenters. The molecule has 16 heteroatoms. The normalized spacial score (nSPS) is 11.0. The predicted octanol–water partition coefficient (Wildman–Crippen LogP) is 3.11. The zero-order valence-corrected chi connectivity index (χ0v) is 37.2. The Bertz CT molecular complexity index is 1230. The predicted molar refractivity (Wildman–Crippen MR) is 232 cm³/mol. The number of ketones is 1. The van der Waals surface area contributed by atoms with Gasteiger partial charge in [0.2, 0.25) is 0 Å². The molecule has 0 saturated heterocycles. The number of aryl methyl sites for hydroxylation is 1. The summed E-state index contributed by atoms with van der Waals surface area (Å²) in [5, 5.41) is 6.71. The lowest BCUT2D eigenvalue weighted by molar-refractivity contribution is -0.118. The van der Waals surface area contributed by atoms with E-state index in [2.05, 4.69) is 24.8 Å². The van der Waals surface area contributed by atoms with Crippen LogP contribution in [0.4, 0.5) is 0 Å². The van der Waals surface area contributed by atoms with Crippen molar-refractivity contribution in [3.63, 3.8) is 0 Å². The van der Waals surface area contributed by atoms with E-state index in [-0.39, 0.29) is 17.6 Å². The number of hydrogen-bond acceptors (Lipinski definition) is 13. The number of amides is 2. The molecule has 0 spiro atoms. The highest BCUT2D eigenvalue weighted by molar-refractivity contribution is 7.27. The van der Waals surface area contributed by atoms with Crippen LogP contribution in [-0.4, -0.2) is 174 Å². The van der Waals surface area contributed by atoms with Crippen molar-refractivity contribution in [3.05, 3.63) is 65.2 Å². The number of nitrogens with zero attached hydrogens (tertiary/aromatic N) is 1. The van der Waals surface area contributed by atoms with Crippen molar-refractivity contribution in [3.8, 4) is 0 Å². The Hall–Kier alpha value is -2.92. The average molecular weight is 854 g/mol. The molecule has 15 nitrogen and oxygen atoms in total. The van der Waals surface area contributed by atoms with Crippen LogP contribution in [0.25, 0.3) is 0 Å². The van der Waals surface area contributed by atoms with Crippen molar-refractivity contribution < 1.29 is 57.0 Å². The number of benzene rings is 2. The van der Waals surface area contributed by atoms with E-state index >= 15 is 0 Å². The summed E-state index contributed by atoms with van der Waals surface area (Å²) in [6, 6.07) is 14.8. The Kier molecular flexibility index (Phi) is 36.0. The molecule has 2 aromatic carbocycles. The number of nitrogens with one attached hydrogen (secondary N) is 2. The van der Waals surface area contributed by atoms with Gasteiger partial charge >= 0.3 is 0 Å². The fraction of sp³-hybridized carbons (Fsp3) is 0.651. The van der Waals surface area contributed by atoms with E-state index in [0.29, 0.717) is 169 Å². The Balaban J connectivity index is 0.00000856. The molecule has 0 fully saturated rings. The first-order valence-corrected chi connectivity index (χ1v) is 21.3. The van der Waals surface area contributed by atoms with Gasteiger partial charge in [0.05, 0.1) is 119 Å². The van der Waals surface area contributed by atoms with Crippen molar-refractivity contribution in [1.29, 1.82) is 0 Å². The number of hydrogen-bond donors (Lipinski definition) is 2. The maximum atomic E-state index is 12.1. The molecule has 2 rings (SSSR count). The van der Waals surface area contributed by atoms with Crippen LogP contribution in [0.5, 0.6) is 0 Å². The van der Waals surface area contributed by atoms with Gasteiger partial charge in [0.1, 0.15) is 5.78 Å². The molecule has 59 heavy (non-hydrogen) atoms. The molecule has 0 radical (unpaired) electrons. The van der Waals surface area contributed by atoms with Crippen molar-refractivity contribution in [2.24, 2.45) is 0 Å². The van der Waals surface area contributed by atoms with Gasteiger partial charge in [-0.25, -0.2) is 0 Å². The van der Waals surface area contributed by atoms with Crippen LogP contribution < -0.4 is 15.9 Å². The van der Waals surface area contributed by atoms with Crippen molar-refractivity contribution >= 4 is 32.1 Å². The van der Waals surface area contributed by atoms with E-state index in [1.54, 1.807) is 31.2 Å². The molecule has 2 amide bonds. The van der Waals surface area contributed by atoms with E-state index in [4.69, 9.17) is 42.6 Å². The first-order valence-electron chi connectivity index (χ1n) is 20.7. The van der Waals surface area contributed by atoms with E-state index in [1.807, 2.05) is 45.0 Å². The molecule has 0 aliphatic rings. The second-order valence-electron chi connectivity index (χ2n) is 12.8. The topological polar surface area (TPSA) is 162 Å². The fourth-order valence-electron chi connectivity index (χ4n) is 4.77. The highest BCUT2D eigenvalue weighted by atomic mass is 31.0. The third-order valence-corrected chi connectivity index (χ3v) is 8.42. The zero-order chi connectivity index (χ0) is 43.0. The minimum absolute atomic E-state index is 0.111. The third kappa shape index (κ3) is 32.5. The maximum Gasteiger partial charge on any atom is 0.251 e. The molecule has 0 heterocycles. The molecule has 336 valence electrons. The first-order chi connectivity index (χ1) is 28.8. The SMILES string of the molecule is CC.CC(=O)CCOCCOCCOCCN(CCOCCOCCOCCNC(=O)c1ccc(C)cc1)CCOCCOCCOCCNC(=O)c1ccc(P)cc1. The summed E-state index contributed by atoms with van der Waals surface area (Å²) < 4.78 is 50.6. The van der Waals surface area contributed by atoms with Crippen LogP contribution in [0.15, 0.2) is 48.5 Å². The molecular formula is C43H72N3O12P. The van der Waals surface area contributed by atoms with E-state index in [0.717, 1.165) is 10.9 Å². The monoisotopic (exact) mass is 853 g/mol. The fourth-order valence-corrected chi connectivity index (χ4v) is 4.97. The maximum absolute atomic E-state index is 12.1. The van der Waals surface area contributed by atoms with Gasteiger partial charge < -0.3 is 53.3 Å². The molecule has 0 aliphatic carbocycles. The molecule has 0 bridgehead atoms. The molecule has 1 unspecified atom stereocenters. The van der Waals surface area contributed by atoms with Gasteiger partial charge in [-0.15, -0.1) is 9.24 Å². The highest BCUT2D eigenvalue weighted by Crippen LogP contribution is 2.03. The van der Waals surface area contributed by atoms with Crippen LogP contribution in [0.3, 0.4) is 0 Å². The van der Waals surface area contributed by atoms with Crippen LogP contribution in [-0.2, 0) is 47.4 Å². The minimum atomic E-state index is -0.124. The van der Waals surface area contributed by atoms with E-state index < -0.39 is 0 Å². The summed E-state index contributed by atoms with van der Waals surface area (Å²) in [6.07, 6.45) is 0.419. The standard InChI is InChI=1S/C41H66N3O12P.C2H6/c1-35-3-5-37(6-4-35)40(46)42-12-18-49-24-30-55-33-27-52-21-15-44(14-20-51-26-32-54-29-23-48-17-11-36(2)45)16-22-53-28-34-56-31-25-50-19-13-43-41(47)38-7-9-39(57)10-8-38;1-2/h3-10H,11-34,57H2,1-2H3,(H,42,46)(H,43,47);1-2H3. The van der Waals surface area contributed by atoms with Gasteiger partial charge in [0.25, 0.3) is 11.8 Å². The van der Waals surface area contributed by atoms with Gasteiger partial charge in [0.15, 0.2) is 0 Å². The molecular weight excluding hydrogens is 781 g/mol. The Morgan fingerprint density at radius 1 is 0.475 bits per heavy atom. The van der Waals surface area contributed by atoms with Gasteiger partial charge in [0, 0.05) is 50.3 Å². The summed E-state index contributed by atoms with van der Waals surface area (Å²) in [7, 11) is 2.60. The summed E-state index contributed by atoms with van der Waals surface area (Å²) in [5.74, 6) is -0.129. The third-order valence-electron chi connectivity index (χ3n) is 8.04. The van der Waals surface area contributed by atoms with Gasteiger partial charge in [-0.1, -0.05) is 43.7 Å². The quantitative estimate of drug-likeness (QED) is 0.0750. The minimum Gasteiger partial charge on any atom is -0.379 e. The lowest BCUT2D eigenvalue weighted by Gasteiger charge is -2.22. The summed E-state index contributed by atoms with van der Waals surface area (Å²) in [6.45, 7) is 18.8. The van der Waals surface area contributed by atoms with E-state index in [1.165, 1.54) is 0 Å². The lowest BCUT2D eigenvalue weighted by Crippen LogP contribution is -2.34. The number of rotatable bonds is 38.